The van der Waals surface area contributed by atoms with Gasteiger partial charge in [0.15, 0.2) is 0 Å². The lowest BCUT2D eigenvalue weighted by atomic mass is 9.96. The third-order valence-corrected chi connectivity index (χ3v) is 5.43. The van der Waals surface area contributed by atoms with Gasteiger partial charge >= 0.3 is 6.18 Å². The molecule has 2 aromatic rings. The van der Waals surface area contributed by atoms with Crippen molar-refractivity contribution >= 4 is 11.6 Å². The van der Waals surface area contributed by atoms with E-state index in [0.717, 1.165) is 43.6 Å². The van der Waals surface area contributed by atoms with Crippen molar-refractivity contribution < 1.29 is 18.0 Å². The summed E-state index contributed by atoms with van der Waals surface area (Å²) in [5, 5.41) is 3.07. The average molecular weight is 405 g/mol. The molecular weight excluding hydrogens is 379 g/mol. The molecule has 7 heteroatoms. The van der Waals surface area contributed by atoms with Crippen molar-refractivity contribution in [1.82, 2.24) is 10.2 Å². The number of carbonyl (C=O) groups is 1. The standard InChI is InChI=1S/C22H26F3N3O/c1-15(18-10-9-17(13-19(18)26)22(23,24)25)21(29)27-20(14-28-11-5-6-12-28)16-7-3-2-4-8-16/h2-4,7-10,13,15,20H,5-6,11-12,14,26H2,1H3,(H,27,29)/t15?,20-/m1/s1. The molecule has 1 heterocycles. The Kier molecular flexibility index (Phi) is 6.47. The van der Waals surface area contributed by atoms with Gasteiger partial charge in [0.2, 0.25) is 5.91 Å². The highest BCUT2D eigenvalue weighted by atomic mass is 19.4. The number of hydrogen-bond donors (Lipinski definition) is 2. The van der Waals surface area contributed by atoms with Crippen LogP contribution in [0, 0.1) is 0 Å². The minimum Gasteiger partial charge on any atom is -0.398 e. The van der Waals surface area contributed by atoms with Crippen molar-refractivity contribution in [3.8, 4) is 0 Å². The Morgan fingerprint density at radius 3 is 2.38 bits per heavy atom. The van der Waals surface area contributed by atoms with E-state index in [2.05, 4.69) is 10.2 Å². The lowest BCUT2D eigenvalue weighted by Crippen LogP contribution is -2.38. The van der Waals surface area contributed by atoms with E-state index in [1.165, 1.54) is 6.07 Å². The number of nitrogen functional groups attached to an aromatic ring is 1. The van der Waals surface area contributed by atoms with E-state index in [9.17, 15) is 18.0 Å². The van der Waals surface area contributed by atoms with Crippen LogP contribution in [0.1, 0.15) is 48.4 Å². The van der Waals surface area contributed by atoms with Gasteiger partial charge < -0.3 is 16.0 Å². The minimum atomic E-state index is -4.47. The van der Waals surface area contributed by atoms with Gasteiger partial charge in [-0.1, -0.05) is 36.4 Å². The molecule has 3 rings (SSSR count). The minimum absolute atomic E-state index is 0.0294. The van der Waals surface area contributed by atoms with Crippen molar-refractivity contribution in [3.63, 3.8) is 0 Å². The predicted octanol–water partition coefficient (Wildman–Crippen LogP) is 4.34. The van der Waals surface area contributed by atoms with Crippen LogP contribution in [0.2, 0.25) is 0 Å². The quantitative estimate of drug-likeness (QED) is 0.703. The Bertz CT molecular complexity index is 833. The Morgan fingerprint density at radius 2 is 1.79 bits per heavy atom. The van der Waals surface area contributed by atoms with E-state index < -0.39 is 17.7 Å². The average Bonchev–Trinajstić information content (AvgIpc) is 3.20. The molecule has 2 atom stereocenters. The summed E-state index contributed by atoms with van der Waals surface area (Å²) in [5.41, 5.74) is 6.39. The number of rotatable bonds is 6. The molecule has 156 valence electrons. The van der Waals surface area contributed by atoms with Crippen LogP contribution in [0.3, 0.4) is 0 Å². The van der Waals surface area contributed by atoms with Crippen LogP contribution in [0.4, 0.5) is 18.9 Å². The number of nitrogens with two attached hydrogens (primary N) is 1. The van der Waals surface area contributed by atoms with E-state index in [1.54, 1.807) is 6.92 Å². The summed E-state index contributed by atoms with van der Waals surface area (Å²) in [5.74, 6) is -0.924. The molecule has 0 bridgehead atoms. The van der Waals surface area contributed by atoms with Crippen molar-refractivity contribution in [2.75, 3.05) is 25.4 Å². The highest BCUT2D eigenvalue weighted by Gasteiger charge is 2.32. The number of nitrogens with zero attached hydrogens (tertiary/aromatic N) is 1. The summed E-state index contributed by atoms with van der Waals surface area (Å²) < 4.78 is 38.6. The highest BCUT2D eigenvalue weighted by Crippen LogP contribution is 2.33. The van der Waals surface area contributed by atoms with Crippen molar-refractivity contribution in [1.29, 1.82) is 0 Å². The fourth-order valence-electron chi connectivity index (χ4n) is 3.73. The van der Waals surface area contributed by atoms with Crippen LogP contribution in [-0.2, 0) is 11.0 Å². The van der Waals surface area contributed by atoms with Crippen LogP contribution < -0.4 is 11.1 Å². The number of carbonyl (C=O) groups excluding carboxylic acids is 1. The molecular formula is C22H26F3N3O. The summed E-state index contributed by atoms with van der Waals surface area (Å²) >= 11 is 0. The first-order valence-electron chi connectivity index (χ1n) is 9.80. The van der Waals surface area contributed by atoms with Crippen LogP contribution in [0.25, 0.3) is 0 Å². The number of amides is 1. The first-order valence-corrected chi connectivity index (χ1v) is 9.80. The van der Waals surface area contributed by atoms with Crippen molar-refractivity contribution in [2.24, 2.45) is 0 Å². The van der Waals surface area contributed by atoms with Crippen LogP contribution >= 0.6 is 0 Å². The molecule has 1 aliphatic rings. The Labute approximate surface area is 168 Å². The molecule has 0 saturated carbocycles. The summed E-state index contributed by atoms with van der Waals surface area (Å²) in [6.07, 6.45) is -2.17. The molecule has 29 heavy (non-hydrogen) atoms. The Balaban J connectivity index is 1.76. The van der Waals surface area contributed by atoms with Crippen molar-refractivity contribution in [3.05, 3.63) is 65.2 Å². The zero-order valence-electron chi connectivity index (χ0n) is 16.4. The smallest absolute Gasteiger partial charge is 0.398 e. The number of hydrogen-bond acceptors (Lipinski definition) is 3. The normalized spacial score (nSPS) is 17.1. The number of halogens is 3. The Hall–Kier alpha value is -2.54. The van der Waals surface area contributed by atoms with Crippen LogP contribution in [0.5, 0.6) is 0 Å². The zero-order chi connectivity index (χ0) is 21.0. The van der Waals surface area contributed by atoms with Gasteiger partial charge in [-0.3, -0.25) is 4.79 Å². The topological polar surface area (TPSA) is 58.4 Å². The SMILES string of the molecule is CC(C(=O)N[C@H](CN1CCCC1)c1ccccc1)c1ccc(C(F)(F)F)cc1N. The second kappa shape index (κ2) is 8.86. The molecule has 1 fully saturated rings. The van der Waals surface area contributed by atoms with Gasteiger partial charge in [-0.25, -0.2) is 0 Å². The lowest BCUT2D eigenvalue weighted by Gasteiger charge is -2.26. The van der Waals surface area contributed by atoms with Gasteiger partial charge in [-0.05, 0) is 56.1 Å². The summed E-state index contributed by atoms with van der Waals surface area (Å²) in [4.78, 5) is 15.2. The lowest BCUT2D eigenvalue weighted by molar-refractivity contribution is -0.137. The van der Waals surface area contributed by atoms with E-state index in [0.29, 0.717) is 12.1 Å². The number of likely N-dealkylation sites (tertiary alicyclic amines) is 1. The largest absolute Gasteiger partial charge is 0.416 e. The van der Waals surface area contributed by atoms with E-state index in [-0.39, 0.29) is 17.6 Å². The molecule has 1 unspecified atom stereocenters. The summed E-state index contributed by atoms with van der Waals surface area (Å²) in [7, 11) is 0. The predicted molar refractivity (Wildman–Crippen MR) is 107 cm³/mol. The van der Waals surface area contributed by atoms with Crippen LogP contribution in [0.15, 0.2) is 48.5 Å². The third-order valence-electron chi connectivity index (χ3n) is 5.43. The first kappa shape index (κ1) is 21.2. The number of nitrogens with one attached hydrogen (secondary N) is 1. The molecule has 2 aromatic carbocycles. The fraction of sp³-hybridized carbons (Fsp3) is 0.409. The van der Waals surface area contributed by atoms with Gasteiger partial charge in [0.05, 0.1) is 17.5 Å². The number of anilines is 1. The van der Waals surface area contributed by atoms with Gasteiger partial charge in [0.25, 0.3) is 0 Å². The molecule has 4 nitrogen and oxygen atoms in total. The van der Waals surface area contributed by atoms with E-state index >= 15 is 0 Å². The first-order chi connectivity index (χ1) is 13.8. The molecule has 0 aromatic heterocycles. The number of alkyl halides is 3. The van der Waals surface area contributed by atoms with Gasteiger partial charge in [-0.2, -0.15) is 13.2 Å². The Morgan fingerprint density at radius 1 is 1.14 bits per heavy atom. The van der Waals surface area contributed by atoms with Gasteiger partial charge in [-0.15, -0.1) is 0 Å². The van der Waals surface area contributed by atoms with Crippen molar-refractivity contribution in [2.45, 2.75) is 37.9 Å². The molecule has 0 radical (unpaired) electrons. The highest BCUT2D eigenvalue weighted by molar-refractivity contribution is 5.85. The molecule has 1 aliphatic heterocycles. The molecule has 0 aliphatic carbocycles. The second-order valence-corrected chi connectivity index (χ2v) is 7.54. The molecule has 3 N–H and O–H groups in total. The molecule has 1 saturated heterocycles. The fourth-order valence-corrected chi connectivity index (χ4v) is 3.73. The monoisotopic (exact) mass is 405 g/mol. The van der Waals surface area contributed by atoms with E-state index in [4.69, 9.17) is 5.73 Å². The molecule has 1 amide bonds. The maximum atomic E-state index is 12.9. The summed E-state index contributed by atoms with van der Waals surface area (Å²) in [6.45, 7) is 4.36. The van der Waals surface area contributed by atoms with Gasteiger partial charge in [0, 0.05) is 12.2 Å². The molecule has 0 spiro atoms. The zero-order valence-corrected chi connectivity index (χ0v) is 16.4. The van der Waals surface area contributed by atoms with Crippen LogP contribution in [-0.4, -0.2) is 30.4 Å². The second-order valence-electron chi connectivity index (χ2n) is 7.54. The maximum Gasteiger partial charge on any atom is 0.416 e. The number of benzene rings is 2. The summed E-state index contributed by atoms with van der Waals surface area (Å²) in [6, 6.07) is 12.7. The van der Waals surface area contributed by atoms with Gasteiger partial charge in [0.1, 0.15) is 0 Å². The maximum absolute atomic E-state index is 12.9. The van der Waals surface area contributed by atoms with E-state index in [1.807, 2.05) is 30.3 Å². The third kappa shape index (κ3) is 5.29.